The van der Waals surface area contributed by atoms with Gasteiger partial charge < -0.3 is 4.74 Å². The first-order valence-corrected chi connectivity index (χ1v) is 4.47. The topological polar surface area (TPSA) is 51.5 Å². The number of amides is 1. The van der Waals surface area contributed by atoms with Gasteiger partial charge in [0, 0.05) is 25.2 Å². The van der Waals surface area contributed by atoms with E-state index in [2.05, 4.69) is 9.98 Å². The number of aliphatic imine (C=N–C) groups is 1. The minimum absolute atomic E-state index is 0.172. The van der Waals surface area contributed by atoms with Crippen molar-refractivity contribution < 1.29 is 9.53 Å². The van der Waals surface area contributed by atoms with E-state index in [-0.39, 0.29) is 5.91 Å². The number of carbonyl (C=O) groups is 1. The molecule has 3 rings (SSSR count). The summed E-state index contributed by atoms with van der Waals surface area (Å²) in [5.41, 5.74) is 1.48. The highest BCUT2D eigenvalue weighted by atomic mass is 16.5. The van der Waals surface area contributed by atoms with Gasteiger partial charge in [-0.15, -0.1) is 0 Å². The summed E-state index contributed by atoms with van der Waals surface area (Å²) in [5.74, 6) is -0.172. The summed E-state index contributed by atoms with van der Waals surface area (Å²) in [7, 11) is 0. The molecule has 0 aromatic carbocycles. The van der Waals surface area contributed by atoms with E-state index in [1.165, 1.54) is 6.40 Å². The number of nitrogens with zero attached hydrogens (tertiary/aromatic N) is 2. The van der Waals surface area contributed by atoms with Gasteiger partial charge in [0.15, 0.2) is 12.0 Å². The van der Waals surface area contributed by atoms with Crippen LogP contribution in [0.5, 0.6) is 0 Å². The van der Waals surface area contributed by atoms with Crippen molar-refractivity contribution in [2.45, 2.75) is 18.4 Å². The fraction of sp³-hybridized carbons (Fsp3) is 0.300. The standard InChI is InChI=1S/C10H8N2O2/c13-9-10(14-6-12-9)3-7-1-2-11-5-8(7)4-10/h1-2,5-6H,3-4H2. The zero-order valence-corrected chi connectivity index (χ0v) is 7.43. The van der Waals surface area contributed by atoms with E-state index >= 15 is 0 Å². The minimum atomic E-state index is -0.745. The van der Waals surface area contributed by atoms with Crippen molar-refractivity contribution in [3.05, 3.63) is 29.6 Å². The molecule has 4 heteroatoms. The minimum Gasteiger partial charge on any atom is -0.466 e. The maximum Gasteiger partial charge on any atom is 0.293 e. The first kappa shape index (κ1) is 7.67. The molecule has 70 valence electrons. The normalized spacial score (nSPS) is 28.1. The van der Waals surface area contributed by atoms with Crippen LogP contribution in [-0.2, 0) is 22.4 Å². The highest BCUT2D eigenvalue weighted by molar-refractivity contribution is 5.96. The Bertz CT molecular complexity index is 415. The predicted molar refractivity (Wildman–Crippen MR) is 49.0 cm³/mol. The molecule has 1 aliphatic heterocycles. The molecule has 0 saturated carbocycles. The van der Waals surface area contributed by atoms with Gasteiger partial charge in [0.25, 0.3) is 5.91 Å². The van der Waals surface area contributed by atoms with Crippen LogP contribution in [0.25, 0.3) is 0 Å². The van der Waals surface area contributed by atoms with Crippen LogP contribution in [0, 0.1) is 0 Å². The van der Waals surface area contributed by atoms with E-state index in [1.54, 1.807) is 12.4 Å². The Kier molecular flexibility index (Phi) is 1.32. The number of fused-ring (bicyclic) bond motifs is 1. The van der Waals surface area contributed by atoms with E-state index in [4.69, 9.17) is 4.74 Å². The lowest BCUT2D eigenvalue weighted by Gasteiger charge is -2.17. The predicted octanol–water partition coefficient (Wildman–Crippen LogP) is 0.504. The van der Waals surface area contributed by atoms with Crippen LogP contribution in [0.1, 0.15) is 11.1 Å². The number of pyridine rings is 1. The number of carbonyl (C=O) groups excluding carboxylic acids is 1. The average molecular weight is 188 g/mol. The molecule has 0 bridgehead atoms. The Hall–Kier alpha value is -1.71. The molecule has 2 heterocycles. The van der Waals surface area contributed by atoms with Crippen molar-refractivity contribution in [1.82, 2.24) is 4.98 Å². The van der Waals surface area contributed by atoms with Gasteiger partial charge in [-0.25, -0.2) is 0 Å². The van der Waals surface area contributed by atoms with Crippen LogP contribution in [0.3, 0.4) is 0 Å². The average Bonchev–Trinajstić information content (AvgIpc) is 2.71. The van der Waals surface area contributed by atoms with E-state index in [1.807, 2.05) is 6.07 Å². The highest BCUT2D eigenvalue weighted by Crippen LogP contribution is 2.34. The molecule has 14 heavy (non-hydrogen) atoms. The summed E-state index contributed by atoms with van der Waals surface area (Å²) in [6, 6.07) is 1.93. The lowest BCUT2D eigenvalue weighted by molar-refractivity contribution is -0.129. The Morgan fingerprint density at radius 1 is 1.36 bits per heavy atom. The third-order valence-corrected chi connectivity index (χ3v) is 2.79. The second-order valence-corrected chi connectivity index (χ2v) is 3.65. The molecule has 0 fully saturated rings. The Balaban J connectivity index is 2.02. The van der Waals surface area contributed by atoms with E-state index in [9.17, 15) is 4.79 Å². The molecule has 1 aromatic heterocycles. The third-order valence-electron chi connectivity index (χ3n) is 2.79. The van der Waals surface area contributed by atoms with Crippen LogP contribution >= 0.6 is 0 Å². The quantitative estimate of drug-likeness (QED) is 0.595. The molecular formula is C10H8N2O2. The number of hydrogen-bond acceptors (Lipinski definition) is 3. The van der Waals surface area contributed by atoms with Gasteiger partial charge in [-0.05, 0) is 17.2 Å². The van der Waals surface area contributed by atoms with Crippen LogP contribution in [0.15, 0.2) is 23.5 Å². The molecule has 0 radical (unpaired) electrons. The lowest BCUT2D eigenvalue weighted by Crippen LogP contribution is -2.37. The van der Waals surface area contributed by atoms with Crippen molar-refractivity contribution in [2.75, 3.05) is 0 Å². The molecule has 0 N–H and O–H groups in total. The summed E-state index contributed by atoms with van der Waals surface area (Å²) in [5, 5.41) is 0. The Morgan fingerprint density at radius 2 is 2.21 bits per heavy atom. The molecule has 1 amide bonds. The fourth-order valence-corrected chi connectivity index (χ4v) is 2.04. The zero-order valence-electron chi connectivity index (χ0n) is 7.43. The highest BCUT2D eigenvalue weighted by Gasteiger charge is 2.48. The second-order valence-electron chi connectivity index (χ2n) is 3.65. The molecule has 2 aliphatic rings. The molecule has 1 spiro atoms. The summed E-state index contributed by atoms with van der Waals surface area (Å²) in [4.78, 5) is 19.2. The van der Waals surface area contributed by atoms with Gasteiger partial charge in [0.05, 0.1) is 0 Å². The molecule has 0 saturated heterocycles. The first-order valence-electron chi connectivity index (χ1n) is 4.47. The first-order chi connectivity index (χ1) is 6.80. The molecule has 1 aliphatic carbocycles. The molecule has 1 unspecified atom stereocenters. The van der Waals surface area contributed by atoms with Crippen molar-refractivity contribution in [3.63, 3.8) is 0 Å². The molecule has 1 atom stereocenters. The third kappa shape index (κ3) is 0.852. The van der Waals surface area contributed by atoms with E-state index in [0.717, 1.165) is 11.1 Å². The van der Waals surface area contributed by atoms with Crippen molar-refractivity contribution >= 4 is 12.3 Å². The summed E-state index contributed by atoms with van der Waals surface area (Å²) >= 11 is 0. The van der Waals surface area contributed by atoms with E-state index < -0.39 is 5.60 Å². The van der Waals surface area contributed by atoms with Gasteiger partial charge in [-0.1, -0.05) is 0 Å². The smallest absolute Gasteiger partial charge is 0.293 e. The van der Waals surface area contributed by atoms with Gasteiger partial charge >= 0.3 is 0 Å². The number of rotatable bonds is 0. The SMILES string of the molecule is O=C1N=COC12Cc1ccncc1C2. The van der Waals surface area contributed by atoms with Crippen LogP contribution < -0.4 is 0 Å². The Morgan fingerprint density at radius 3 is 2.93 bits per heavy atom. The summed E-state index contributed by atoms with van der Waals surface area (Å²) < 4.78 is 5.33. The number of ether oxygens (including phenoxy) is 1. The van der Waals surface area contributed by atoms with Gasteiger partial charge in [-0.3, -0.25) is 9.78 Å². The van der Waals surface area contributed by atoms with Gasteiger partial charge in [0.2, 0.25) is 0 Å². The van der Waals surface area contributed by atoms with Gasteiger partial charge in [0.1, 0.15) is 0 Å². The van der Waals surface area contributed by atoms with Crippen LogP contribution in [0.2, 0.25) is 0 Å². The maximum atomic E-state index is 11.5. The van der Waals surface area contributed by atoms with Gasteiger partial charge in [-0.2, -0.15) is 4.99 Å². The summed E-state index contributed by atoms with van der Waals surface area (Å²) in [6.45, 7) is 0. The maximum absolute atomic E-state index is 11.5. The van der Waals surface area contributed by atoms with E-state index in [0.29, 0.717) is 12.8 Å². The van der Waals surface area contributed by atoms with Crippen molar-refractivity contribution in [2.24, 2.45) is 4.99 Å². The monoisotopic (exact) mass is 188 g/mol. The number of aromatic nitrogens is 1. The fourth-order valence-electron chi connectivity index (χ4n) is 2.04. The Labute approximate surface area is 80.6 Å². The van der Waals surface area contributed by atoms with Crippen molar-refractivity contribution in [1.29, 1.82) is 0 Å². The van der Waals surface area contributed by atoms with Crippen molar-refractivity contribution in [3.8, 4) is 0 Å². The molecule has 4 nitrogen and oxygen atoms in total. The zero-order chi connectivity index (χ0) is 9.60. The second kappa shape index (κ2) is 2.41. The molecule has 1 aromatic rings. The van der Waals surface area contributed by atoms with Crippen LogP contribution in [0.4, 0.5) is 0 Å². The number of hydrogen-bond donors (Lipinski definition) is 0. The molecular weight excluding hydrogens is 180 g/mol. The van der Waals surface area contributed by atoms with Crippen LogP contribution in [-0.4, -0.2) is 22.9 Å². The largest absolute Gasteiger partial charge is 0.466 e. The summed E-state index contributed by atoms with van der Waals surface area (Å²) in [6.07, 6.45) is 5.98. The lowest BCUT2D eigenvalue weighted by atomic mass is 10.0.